The third-order valence-electron chi connectivity index (χ3n) is 4.08. The maximum absolute atomic E-state index is 12.0. The lowest BCUT2D eigenvalue weighted by Gasteiger charge is -2.27. The molecule has 1 aromatic heterocycles. The predicted octanol–water partition coefficient (Wildman–Crippen LogP) is 0.716. The summed E-state index contributed by atoms with van der Waals surface area (Å²) in [6.45, 7) is 9.92. The van der Waals surface area contributed by atoms with Gasteiger partial charge in [-0.15, -0.1) is 0 Å². The SMILES string of the molecule is CC(=O)N(Cc1noc(C)n1)C1CCN(CCC(=O)NC(C)C)C1. The molecule has 0 aromatic carbocycles. The van der Waals surface area contributed by atoms with Crippen LogP contribution in [0.4, 0.5) is 0 Å². The molecule has 2 amide bonds. The van der Waals surface area contributed by atoms with Crippen LogP contribution in [0.3, 0.4) is 0 Å². The molecule has 2 rings (SSSR count). The largest absolute Gasteiger partial charge is 0.354 e. The molecule has 0 aliphatic carbocycles. The smallest absolute Gasteiger partial charge is 0.223 e. The lowest BCUT2D eigenvalue weighted by molar-refractivity contribution is -0.131. The van der Waals surface area contributed by atoms with E-state index in [1.54, 1.807) is 18.7 Å². The molecule has 1 aromatic rings. The van der Waals surface area contributed by atoms with Gasteiger partial charge in [-0.2, -0.15) is 4.98 Å². The Labute approximate surface area is 142 Å². The molecule has 1 fully saturated rings. The van der Waals surface area contributed by atoms with Crippen molar-refractivity contribution >= 4 is 11.8 Å². The van der Waals surface area contributed by atoms with Crippen molar-refractivity contribution in [3.63, 3.8) is 0 Å². The Morgan fingerprint density at radius 2 is 2.21 bits per heavy atom. The molecule has 8 nitrogen and oxygen atoms in total. The van der Waals surface area contributed by atoms with Crippen LogP contribution in [-0.2, 0) is 16.1 Å². The van der Waals surface area contributed by atoms with Gasteiger partial charge in [0, 0.05) is 52.0 Å². The van der Waals surface area contributed by atoms with E-state index in [1.165, 1.54) is 0 Å². The number of amides is 2. The lowest BCUT2D eigenvalue weighted by atomic mass is 10.2. The molecular formula is C16H27N5O3. The molecule has 1 aliphatic rings. The quantitative estimate of drug-likeness (QED) is 0.788. The Bertz CT molecular complexity index is 572. The summed E-state index contributed by atoms with van der Waals surface area (Å²) in [6, 6.07) is 0.282. The van der Waals surface area contributed by atoms with Gasteiger partial charge in [-0.25, -0.2) is 0 Å². The maximum atomic E-state index is 12.0. The van der Waals surface area contributed by atoms with Gasteiger partial charge in [-0.3, -0.25) is 9.59 Å². The number of nitrogens with zero attached hydrogens (tertiary/aromatic N) is 4. The molecule has 1 unspecified atom stereocenters. The molecular weight excluding hydrogens is 310 g/mol. The fourth-order valence-corrected chi connectivity index (χ4v) is 2.98. The van der Waals surface area contributed by atoms with E-state index in [0.29, 0.717) is 31.2 Å². The van der Waals surface area contributed by atoms with Gasteiger partial charge in [0.15, 0.2) is 5.82 Å². The van der Waals surface area contributed by atoms with E-state index in [2.05, 4.69) is 20.4 Å². The fourth-order valence-electron chi connectivity index (χ4n) is 2.98. The van der Waals surface area contributed by atoms with Crippen LogP contribution in [0.25, 0.3) is 0 Å². The van der Waals surface area contributed by atoms with Gasteiger partial charge < -0.3 is 19.6 Å². The summed E-state index contributed by atoms with van der Waals surface area (Å²) in [4.78, 5) is 31.9. The zero-order valence-corrected chi connectivity index (χ0v) is 14.9. The highest BCUT2D eigenvalue weighted by atomic mass is 16.5. The van der Waals surface area contributed by atoms with Crippen LogP contribution in [-0.4, -0.2) is 63.5 Å². The maximum Gasteiger partial charge on any atom is 0.223 e. The van der Waals surface area contributed by atoms with Crippen LogP contribution in [0.5, 0.6) is 0 Å². The van der Waals surface area contributed by atoms with Crippen LogP contribution < -0.4 is 5.32 Å². The number of aryl methyl sites for hydroxylation is 1. The Morgan fingerprint density at radius 1 is 1.46 bits per heavy atom. The summed E-state index contributed by atoms with van der Waals surface area (Å²) in [5.74, 6) is 1.09. The Balaban J connectivity index is 1.85. The third kappa shape index (κ3) is 5.30. The Morgan fingerprint density at radius 3 is 2.79 bits per heavy atom. The second kappa shape index (κ2) is 8.23. The molecule has 134 valence electrons. The van der Waals surface area contributed by atoms with E-state index < -0.39 is 0 Å². The van der Waals surface area contributed by atoms with E-state index in [1.807, 2.05) is 13.8 Å². The molecule has 2 heterocycles. The number of hydrogen-bond donors (Lipinski definition) is 1. The van der Waals surface area contributed by atoms with Crippen LogP contribution >= 0.6 is 0 Å². The van der Waals surface area contributed by atoms with E-state index in [-0.39, 0.29) is 23.9 Å². The zero-order valence-electron chi connectivity index (χ0n) is 14.9. The highest BCUT2D eigenvalue weighted by Crippen LogP contribution is 2.18. The first kappa shape index (κ1) is 18.4. The first-order valence-corrected chi connectivity index (χ1v) is 8.43. The van der Waals surface area contributed by atoms with Gasteiger partial charge in [-0.1, -0.05) is 5.16 Å². The minimum Gasteiger partial charge on any atom is -0.354 e. The topological polar surface area (TPSA) is 91.6 Å². The van der Waals surface area contributed by atoms with E-state index >= 15 is 0 Å². The number of aromatic nitrogens is 2. The minimum absolute atomic E-state index is 0.00172. The Hall–Kier alpha value is -1.96. The van der Waals surface area contributed by atoms with Gasteiger partial charge in [0.1, 0.15) is 0 Å². The molecule has 0 bridgehead atoms. The second-order valence-electron chi connectivity index (χ2n) is 6.59. The highest BCUT2D eigenvalue weighted by Gasteiger charge is 2.30. The molecule has 1 N–H and O–H groups in total. The average molecular weight is 337 g/mol. The van der Waals surface area contributed by atoms with Crippen LogP contribution in [0.2, 0.25) is 0 Å². The van der Waals surface area contributed by atoms with E-state index in [0.717, 1.165) is 19.5 Å². The summed E-state index contributed by atoms with van der Waals surface area (Å²) < 4.78 is 4.97. The number of likely N-dealkylation sites (tertiary alicyclic amines) is 1. The van der Waals surface area contributed by atoms with Crippen LogP contribution in [0, 0.1) is 6.92 Å². The van der Waals surface area contributed by atoms with Crippen LogP contribution in [0.15, 0.2) is 4.52 Å². The lowest BCUT2D eigenvalue weighted by Crippen LogP contribution is -2.41. The van der Waals surface area contributed by atoms with Crippen molar-refractivity contribution in [1.82, 2.24) is 25.3 Å². The molecule has 24 heavy (non-hydrogen) atoms. The summed E-state index contributed by atoms with van der Waals surface area (Å²) in [5, 5.41) is 6.77. The summed E-state index contributed by atoms with van der Waals surface area (Å²) >= 11 is 0. The third-order valence-corrected chi connectivity index (χ3v) is 4.08. The van der Waals surface area contributed by atoms with Gasteiger partial charge in [0.2, 0.25) is 17.7 Å². The minimum atomic E-state index is 0.00172. The van der Waals surface area contributed by atoms with Gasteiger partial charge in [-0.05, 0) is 20.3 Å². The van der Waals surface area contributed by atoms with Crippen molar-refractivity contribution in [3.05, 3.63) is 11.7 Å². The highest BCUT2D eigenvalue weighted by molar-refractivity contribution is 5.76. The van der Waals surface area contributed by atoms with Crippen LogP contribution in [0.1, 0.15) is 45.3 Å². The number of rotatable bonds is 7. The van der Waals surface area contributed by atoms with Gasteiger partial charge in [0.05, 0.1) is 6.54 Å². The van der Waals surface area contributed by atoms with Crippen molar-refractivity contribution in [2.75, 3.05) is 19.6 Å². The molecule has 0 saturated carbocycles. The van der Waals surface area contributed by atoms with Gasteiger partial charge >= 0.3 is 0 Å². The van der Waals surface area contributed by atoms with E-state index in [4.69, 9.17) is 4.52 Å². The van der Waals surface area contributed by atoms with Crippen molar-refractivity contribution in [3.8, 4) is 0 Å². The van der Waals surface area contributed by atoms with Crippen molar-refractivity contribution < 1.29 is 14.1 Å². The van der Waals surface area contributed by atoms with Gasteiger partial charge in [0.25, 0.3) is 0 Å². The number of hydrogen-bond acceptors (Lipinski definition) is 6. The molecule has 1 aliphatic heterocycles. The van der Waals surface area contributed by atoms with Crippen molar-refractivity contribution in [1.29, 1.82) is 0 Å². The number of nitrogens with one attached hydrogen (secondary N) is 1. The molecule has 1 saturated heterocycles. The summed E-state index contributed by atoms with van der Waals surface area (Å²) in [5.41, 5.74) is 0. The number of carbonyl (C=O) groups is 2. The molecule has 0 radical (unpaired) electrons. The first-order chi connectivity index (χ1) is 11.3. The first-order valence-electron chi connectivity index (χ1n) is 8.43. The fraction of sp³-hybridized carbons (Fsp3) is 0.750. The molecule has 1 atom stereocenters. The zero-order chi connectivity index (χ0) is 17.7. The second-order valence-corrected chi connectivity index (χ2v) is 6.59. The molecule has 8 heteroatoms. The van der Waals surface area contributed by atoms with E-state index in [9.17, 15) is 9.59 Å². The Kier molecular flexibility index (Phi) is 6.30. The standard InChI is InChI=1S/C16H27N5O3/c1-11(2)17-16(23)6-8-20-7-5-14(9-20)21(13(4)22)10-15-18-12(3)24-19-15/h11,14H,5-10H2,1-4H3,(H,17,23). The molecule has 0 spiro atoms. The average Bonchev–Trinajstić information content (AvgIpc) is 3.10. The number of carbonyl (C=O) groups excluding carboxylic acids is 2. The van der Waals surface area contributed by atoms with Crippen molar-refractivity contribution in [2.24, 2.45) is 0 Å². The normalized spacial score (nSPS) is 18.1. The predicted molar refractivity (Wildman–Crippen MR) is 88.0 cm³/mol. The summed E-state index contributed by atoms with van der Waals surface area (Å²) in [6.07, 6.45) is 1.37. The van der Waals surface area contributed by atoms with Crippen molar-refractivity contribution in [2.45, 2.75) is 59.2 Å². The summed E-state index contributed by atoms with van der Waals surface area (Å²) in [7, 11) is 0. The monoisotopic (exact) mass is 337 g/mol.